The highest BCUT2D eigenvalue weighted by molar-refractivity contribution is 5.86. The van der Waals surface area contributed by atoms with Gasteiger partial charge in [-0.2, -0.15) is 18.3 Å². The number of amides is 1. The van der Waals surface area contributed by atoms with Gasteiger partial charge in [0.15, 0.2) is 0 Å². The molecule has 0 radical (unpaired) electrons. The van der Waals surface area contributed by atoms with Crippen LogP contribution in [0.25, 0.3) is 0 Å². The van der Waals surface area contributed by atoms with E-state index in [4.69, 9.17) is 0 Å². The lowest BCUT2D eigenvalue weighted by Crippen LogP contribution is -2.41. The number of halogens is 3. The summed E-state index contributed by atoms with van der Waals surface area (Å²) in [7, 11) is 0. The summed E-state index contributed by atoms with van der Waals surface area (Å²) in [6.07, 6.45) is -0.791. The lowest BCUT2D eigenvalue weighted by molar-refractivity contribution is -0.137. The summed E-state index contributed by atoms with van der Waals surface area (Å²) in [6.45, 7) is 4.90. The molecule has 3 rings (SSSR count). The Morgan fingerprint density at radius 1 is 1.36 bits per heavy atom. The van der Waals surface area contributed by atoms with Crippen molar-refractivity contribution in [1.82, 2.24) is 20.1 Å². The highest BCUT2D eigenvalue weighted by Gasteiger charge is 2.32. The molecule has 0 spiro atoms. The third-order valence-electron chi connectivity index (χ3n) is 3.94. The van der Waals surface area contributed by atoms with E-state index < -0.39 is 11.7 Å². The van der Waals surface area contributed by atoms with Gasteiger partial charge in [0, 0.05) is 37.8 Å². The highest BCUT2D eigenvalue weighted by Crippen LogP contribution is 2.32. The maximum Gasteiger partial charge on any atom is 0.417 e. The van der Waals surface area contributed by atoms with E-state index in [1.807, 2.05) is 0 Å². The third-order valence-corrected chi connectivity index (χ3v) is 3.94. The molecule has 0 saturated heterocycles. The Balaban J connectivity index is 1.82. The number of hydrogen-bond donors (Lipinski definition) is 1. The molecule has 2 aromatic rings. The molecule has 0 bridgehead atoms. The van der Waals surface area contributed by atoms with Crippen molar-refractivity contribution in [3.63, 3.8) is 0 Å². The summed E-state index contributed by atoms with van der Waals surface area (Å²) in [5.74, 6) is 0.902. The van der Waals surface area contributed by atoms with Gasteiger partial charge in [-0.05, 0) is 18.2 Å². The van der Waals surface area contributed by atoms with Crippen molar-refractivity contribution < 1.29 is 18.0 Å². The van der Waals surface area contributed by atoms with Gasteiger partial charge in [-0.1, -0.05) is 6.58 Å². The second-order valence-corrected chi connectivity index (χ2v) is 5.70. The fraction of sp³-hybridized carbons (Fsp3) is 0.312. The number of hydrogen-bond acceptors (Lipinski definition) is 4. The van der Waals surface area contributed by atoms with E-state index in [2.05, 4.69) is 22.0 Å². The third kappa shape index (κ3) is 3.65. The van der Waals surface area contributed by atoms with Crippen LogP contribution in [-0.4, -0.2) is 33.8 Å². The molecule has 9 heteroatoms. The van der Waals surface area contributed by atoms with Gasteiger partial charge in [0.2, 0.25) is 5.91 Å². The summed E-state index contributed by atoms with van der Waals surface area (Å²) >= 11 is 0. The van der Waals surface area contributed by atoms with Crippen LogP contribution in [-0.2, 0) is 17.5 Å². The molecule has 1 N–H and O–H groups in total. The van der Waals surface area contributed by atoms with Crippen molar-refractivity contribution in [2.45, 2.75) is 12.7 Å². The van der Waals surface area contributed by atoms with E-state index in [1.165, 1.54) is 12.1 Å². The van der Waals surface area contributed by atoms with Gasteiger partial charge in [0.05, 0.1) is 11.8 Å². The molecule has 0 aliphatic carbocycles. The Bertz CT molecular complexity index is 769. The number of nitrogens with one attached hydrogen (secondary N) is 1. The largest absolute Gasteiger partial charge is 0.417 e. The topological polar surface area (TPSA) is 63.1 Å². The van der Waals surface area contributed by atoms with Crippen molar-refractivity contribution in [3.05, 3.63) is 48.8 Å². The molecule has 1 atom stereocenters. The summed E-state index contributed by atoms with van der Waals surface area (Å²) in [5.41, 5.74) is -0.795. The molecule has 0 fully saturated rings. The van der Waals surface area contributed by atoms with E-state index in [0.717, 1.165) is 18.1 Å². The first-order chi connectivity index (χ1) is 11.9. The van der Waals surface area contributed by atoms with Gasteiger partial charge in [-0.3, -0.25) is 4.79 Å². The molecular formula is C16H16F3N5O. The number of carbonyl (C=O) groups excluding carboxylic acids is 1. The van der Waals surface area contributed by atoms with E-state index in [0.29, 0.717) is 25.5 Å². The highest BCUT2D eigenvalue weighted by atomic mass is 19.4. The molecule has 1 aliphatic rings. The van der Waals surface area contributed by atoms with Gasteiger partial charge < -0.3 is 10.2 Å². The van der Waals surface area contributed by atoms with Gasteiger partial charge >= 0.3 is 6.18 Å². The molecule has 6 nitrogen and oxygen atoms in total. The number of anilines is 2. The van der Waals surface area contributed by atoms with E-state index >= 15 is 0 Å². The quantitative estimate of drug-likeness (QED) is 0.859. The van der Waals surface area contributed by atoms with Crippen LogP contribution < -0.4 is 10.2 Å². The molecule has 1 amide bonds. The van der Waals surface area contributed by atoms with Crippen molar-refractivity contribution in [2.75, 3.05) is 18.0 Å². The smallest absolute Gasteiger partial charge is 0.352 e. The van der Waals surface area contributed by atoms with Crippen molar-refractivity contribution in [3.8, 4) is 0 Å². The molecule has 2 aromatic heterocycles. The van der Waals surface area contributed by atoms with Crippen LogP contribution in [0.4, 0.5) is 24.8 Å². The zero-order chi connectivity index (χ0) is 18.0. The molecular weight excluding hydrogens is 335 g/mol. The lowest BCUT2D eigenvalue weighted by Gasteiger charge is -2.34. The molecule has 132 valence electrons. The monoisotopic (exact) mass is 351 g/mol. The normalized spacial score (nSPS) is 17.1. The summed E-state index contributed by atoms with van der Waals surface area (Å²) in [4.78, 5) is 17.1. The summed E-state index contributed by atoms with van der Waals surface area (Å²) in [5, 5.41) is 6.95. The zero-order valence-electron chi connectivity index (χ0n) is 13.2. The second-order valence-electron chi connectivity index (χ2n) is 5.70. The Morgan fingerprint density at radius 2 is 2.16 bits per heavy atom. The Kier molecular flexibility index (Phi) is 4.47. The minimum absolute atomic E-state index is 0.0281. The predicted molar refractivity (Wildman–Crippen MR) is 85.2 cm³/mol. The first-order valence-corrected chi connectivity index (χ1v) is 7.61. The standard InChI is InChI=1S/C16H16F3N5O/c1-2-14(25)21-7-11-9-23(15-5-6-22-24(15)10-11)13-4-3-12(8-20-13)16(17,18)19/h2-6,8,11H,1,7,9-10H2,(H,21,25)/t11-/m1/s1. The molecule has 1 aliphatic heterocycles. The average Bonchev–Trinajstić information content (AvgIpc) is 3.06. The summed E-state index contributed by atoms with van der Waals surface area (Å²) < 4.78 is 39.9. The Labute approximate surface area is 142 Å². The zero-order valence-corrected chi connectivity index (χ0v) is 13.2. The van der Waals surface area contributed by atoms with Crippen LogP contribution in [0.1, 0.15) is 5.56 Å². The van der Waals surface area contributed by atoms with E-state index in [-0.39, 0.29) is 11.8 Å². The van der Waals surface area contributed by atoms with Crippen molar-refractivity contribution in [2.24, 2.45) is 5.92 Å². The number of carbonyl (C=O) groups is 1. The Morgan fingerprint density at radius 3 is 2.80 bits per heavy atom. The van der Waals surface area contributed by atoms with Crippen LogP contribution in [0, 0.1) is 5.92 Å². The van der Waals surface area contributed by atoms with Gasteiger partial charge in [-0.15, -0.1) is 0 Å². The van der Waals surface area contributed by atoms with Crippen LogP contribution in [0.3, 0.4) is 0 Å². The number of aromatic nitrogens is 3. The van der Waals surface area contributed by atoms with Crippen LogP contribution >= 0.6 is 0 Å². The fourth-order valence-electron chi connectivity index (χ4n) is 2.72. The van der Waals surface area contributed by atoms with E-state index in [9.17, 15) is 18.0 Å². The van der Waals surface area contributed by atoms with Crippen LogP contribution in [0.5, 0.6) is 0 Å². The molecule has 0 aromatic carbocycles. The minimum Gasteiger partial charge on any atom is -0.352 e. The van der Waals surface area contributed by atoms with Gasteiger partial charge in [-0.25, -0.2) is 9.67 Å². The van der Waals surface area contributed by atoms with Gasteiger partial charge in [0.1, 0.15) is 11.6 Å². The number of pyridine rings is 1. The molecule has 25 heavy (non-hydrogen) atoms. The van der Waals surface area contributed by atoms with Crippen molar-refractivity contribution in [1.29, 1.82) is 0 Å². The maximum absolute atomic E-state index is 12.7. The fourth-order valence-corrected chi connectivity index (χ4v) is 2.72. The van der Waals surface area contributed by atoms with Gasteiger partial charge in [0.25, 0.3) is 0 Å². The average molecular weight is 351 g/mol. The van der Waals surface area contributed by atoms with E-state index in [1.54, 1.807) is 21.8 Å². The first-order valence-electron chi connectivity index (χ1n) is 7.61. The van der Waals surface area contributed by atoms with Crippen molar-refractivity contribution >= 4 is 17.5 Å². The second kappa shape index (κ2) is 6.58. The van der Waals surface area contributed by atoms with Crippen LogP contribution in [0.2, 0.25) is 0 Å². The molecule has 3 heterocycles. The molecule has 0 unspecified atom stereocenters. The predicted octanol–water partition coefficient (Wildman–Crippen LogP) is 2.37. The first kappa shape index (κ1) is 17.0. The molecule has 0 saturated carbocycles. The maximum atomic E-state index is 12.7. The minimum atomic E-state index is -4.42. The lowest BCUT2D eigenvalue weighted by atomic mass is 10.1. The van der Waals surface area contributed by atoms with Crippen LogP contribution in [0.15, 0.2) is 43.2 Å². The SMILES string of the molecule is C=CC(=O)NC[C@@H]1CN(c2ccc(C(F)(F)F)cn2)c2ccnn2C1. The summed E-state index contributed by atoms with van der Waals surface area (Å²) in [6, 6.07) is 4.12. The Hall–Kier alpha value is -2.84. The number of nitrogens with zero attached hydrogens (tertiary/aromatic N) is 4. The number of alkyl halides is 3. The number of rotatable bonds is 4. The number of fused-ring (bicyclic) bond motifs is 1.